The normalized spacial score (nSPS) is 13.8. The fourth-order valence-corrected chi connectivity index (χ4v) is 3.25. The van der Waals surface area contributed by atoms with Gasteiger partial charge in [-0.15, -0.1) is 0 Å². The smallest absolute Gasteiger partial charge is 0.225 e. The first kappa shape index (κ1) is 17.3. The molecule has 0 aliphatic carbocycles. The Labute approximate surface area is 131 Å². The highest BCUT2D eigenvalue weighted by molar-refractivity contribution is 7.85. The van der Waals surface area contributed by atoms with Crippen LogP contribution in [0.25, 0.3) is 0 Å². The van der Waals surface area contributed by atoms with Gasteiger partial charge in [-0.25, -0.2) is 0 Å². The zero-order chi connectivity index (χ0) is 15.3. The lowest BCUT2D eigenvalue weighted by Gasteiger charge is -2.11. The summed E-state index contributed by atoms with van der Waals surface area (Å²) in [7, 11) is -1.00. The molecule has 0 aliphatic rings. The van der Waals surface area contributed by atoms with E-state index < -0.39 is 10.8 Å². The van der Waals surface area contributed by atoms with E-state index >= 15 is 0 Å². The second kappa shape index (κ2) is 7.86. The molecule has 4 nitrogen and oxygen atoms in total. The minimum absolute atomic E-state index is 0.0894. The first-order chi connectivity index (χ1) is 9.35. The number of nitrogens with one attached hydrogen (secondary N) is 1. The molecule has 112 valence electrons. The molecular weight excluding hydrogens is 319 g/mol. The lowest BCUT2D eigenvalue weighted by molar-refractivity contribution is -0.115. The number of halogens is 2. The molecule has 0 saturated heterocycles. The molecule has 20 heavy (non-hydrogen) atoms. The van der Waals surface area contributed by atoms with E-state index in [1.54, 1.807) is 0 Å². The molecule has 2 unspecified atom stereocenters. The van der Waals surface area contributed by atoms with E-state index in [-0.39, 0.29) is 27.6 Å². The summed E-state index contributed by atoms with van der Waals surface area (Å²) in [6.07, 6.45) is 0.984. The Morgan fingerprint density at radius 3 is 2.45 bits per heavy atom. The number of rotatable bonds is 6. The number of benzene rings is 1. The molecule has 1 amide bonds. The average molecular weight is 337 g/mol. The topological polar surface area (TPSA) is 72.2 Å². The van der Waals surface area contributed by atoms with Crippen LogP contribution in [-0.2, 0) is 15.6 Å². The molecular formula is C13H18Cl2N2O2S. The van der Waals surface area contributed by atoms with E-state index in [2.05, 4.69) is 5.32 Å². The highest BCUT2D eigenvalue weighted by Gasteiger charge is 2.14. The van der Waals surface area contributed by atoms with E-state index in [0.29, 0.717) is 17.1 Å². The van der Waals surface area contributed by atoms with Crippen molar-refractivity contribution >= 4 is 51.3 Å². The van der Waals surface area contributed by atoms with Gasteiger partial charge in [-0.05, 0) is 18.6 Å². The second-order valence-corrected chi connectivity index (χ2v) is 7.25. The number of nitrogens with two attached hydrogens (primary N) is 1. The van der Waals surface area contributed by atoms with Gasteiger partial charge in [0.15, 0.2) is 0 Å². The number of amides is 1. The minimum Gasteiger partial charge on any atom is -0.399 e. The molecule has 0 heterocycles. The predicted octanol–water partition coefficient (Wildman–Crippen LogP) is 3.45. The molecule has 1 aromatic carbocycles. The van der Waals surface area contributed by atoms with Crippen LogP contribution < -0.4 is 11.1 Å². The maximum Gasteiger partial charge on any atom is 0.225 e. The van der Waals surface area contributed by atoms with Crippen LogP contribution in [0.3, 0.4) is 0 Å². The number of carbonyl (C=O) groups is 1. The lowest BCUT2D eigenvalue weighted by atomic mass is 10.2. The van der Waals surface area contributed by atoms with E-state index in [1.165, 1.54) is 12.1 Å². The van der Waals surface area contributed by atoms with E-state index in [4.69, 9.17) is 28.9 Å². The van der Waals surface area contributed by atoms with Crippen LogP contribution in [0.5, 0.6) is 0 Å². The lowest BCUT2D eigenvalue weighted by Crippen LogP contribution is -2.19. The summed E-state index contributed by atoms with van der Waals surface area (Å²) in [4.78, 5) is 11.8. The van der Waals surface area contributed by atoms with Gasteiger partial charge in [-0.2, -0.15) is 0 Å². The van der Waals surface area contributed by atoms with Gasteiger partial charge >= 0.3 is 0 Å². The van der Waals surface area contributed by atoms with Crippen LogP contribution in [-0.4, -0.2) is 21.1 Å². The Kier molecular flexibility index (Phi) is 6.79. The molecule has 0 radical (unpaired) electrons. The molecule has 0 bridgehead atoms. The van der Waals surface area contributed by atoms with Crippen LogP contribution in [0.1, 0.15) is 26.7 Å². The van der Waals surface area contributed by atoms with Crippen LogP contribution in [0.2, 0.25) is 10.0 Å². The van der Waals surface area contributed by atoms with E-state index in [9.17, 15) is 9.00 Å². The number of hydrogen-bond acceptors (Lipinski definition) is 3. The second-order valence-electron chi connectivity index (χ2n) is 4.46. The Morgan fingerprint density at radius 1 is 1.40 bits per heavy atom. The maximum atomic E-state index is 11.8. The van der Waals surface area contributed by atoms with Gasteiger partial charge in [0.2, 0.25) is 5.91 Å². The van der Waals surface area contributed by atoms with Crippen LogP contribution in [0.15, 0.2) is 12.1 Å². The largest absolute Gasteiger partial charge is 0.399 e. The van der Waals surface area contributed by atoms with Crippen LogP contribution in [0, 0.1) is 0 Å². The molecule has 3 N–H and O–H groups in total. The molecule has 7 heteroatoms. The summed E-state index contributed by atoms with van der Waals surface area (Å²) < 4.78 is 11.8. The van der Waals surface area contributed by atoms with Crippen molar-refractivity contribution in [2.75, 3.05) is 16.8 Å². The van der Waals surface area contributed by atoms with Crippen molar-refractivity contribution < 1.29 is 9.00 Å². The molecule has 2 atom stereocenters. The summed E-state index contributed by atoms with van der Waals surface area (Å²) >= 11 is 12.0. The number of anilines is 2. The van der Waals surface area contributed by atoms with Gasteiger partial charge in [-0.1, -0.05) is 37.0 Å². The van der Waals surface area contributed by atoms with Crippen LogP contribution in [0.4, 0.5) is 11.4 Å². The third kappa shape index (κ3) is 4.96. The Balaban J connectivity index is 2.62. The highest BCUT2D eigenvalue weighted by Crippen LogP contribution is 2.32. The first-order valence-electron chi connectivity index (χ1n) is 6.26. The zero-order valence-corrected chi connectivity index (χ0v) is 13.7. The fourth-order valence-electron chi connectivity index (χ4n) is 1.49. The van der Waals surface area contributed by atoms with Gasteiger partial charge in [0.05, 0.1) is 15.7 Å². The zero-order valence-electron chi connectivity index (χ0n) is 11.4. The summed E-state index contributed by atoms with van der Waals surface area (Å²) in [6, 6.07) is 3.03. The van der Waals surface area contributed by atoms with Gasteiger partial charge < -0.3 is 11.1 Å². The van der Waals surface area contributed by atoms with Crippen molar-refractivity contribution in [3.8, 4) is 0 Å². The quantitative estimate of drug-likeness (QED) is 0.781. The third-order valence-corrected chi connectivity index (χ3v) is 5.32. The Bertz CT molecular complexity index is 500. The molecule has 1 rings (SSSR count). The van der Waals surface area contributed by atoms with Crippen molar-refractivity contribution in [1.82, 2.24) is 0 Å². The summed E-state index contributed by atoms with van der Waals surface area (Å²) in [5.74, 6) is 0.0561. The molecule has 0 fully saturated rings. The summed E-state index contributed by atoms with van der Waals surface area (Å²) in [6.45, 7) is 3.87. The first-order valence-corrected chi connectivity index (χ1v) is 8.40. The molecule has 1 aromatic rings. The molecule has 0 saturated carbocycles. The van der Waals surface area contributed by atoms with Crippen molar-refractivity contribution in [3.63, 3.8) is 0 Å². The van der Waals surface area contributed by atoms with Gasteiger partial charge in [0.25, 0.3) is 0 Å². The summed E-state index contributed by atoms with van der Waals surface area (Å²) in [5, 5.41) is 3.28. The van der Waals surface area contributed by atoms with Crippen molar-refractivity contribution in [2.45, 2.75) is 31.9 Å². The van der Waals surface area contributed by atoms with E-state index in [0.717, 1.165) is 6.42 Å². The highest BCUT2D eigenvalue weighted by atomic mass is 35.5. The molecule has 0 aromatic heterocycles. The minimum atomic E-state index is -1.00. The molecule has 0 aliphatic heterocycles. The Hall–Kier alpha value is -0.780. The molecule has 0 spiro atoms. The number of hydrogen-bond donors (Lipinski definition) is 2. The van der Waals surface area contributed by atoms with Gasteiger partial charge in [-0.3, -0.25) is 9.00 Å². The van der Waals surface area contributed by atoms with Crippen molar-refractivity contribution in [3.05, 3.63) is 22.2 Å². The maximum absolute atomic E-state index is 11.8. The van der Waals surface area contributed by atoms with Crippen molar-refractivity contribution in [2.24, 2.45) is 0 Å². The van der Waals surface area contributed by atoms with Crippen molar-refractivity contribution in [1.29, 1.82) is 0 Å². The SMILES string of the molecule is CCC(C)S(=O)CCC(=O)Nc1c(Cl)cc(N)cc1Cl. The number of carbonyl (C=O) groups excluding carboxylic acids is 1. The number of nitrogen functional groups attached to an aromatic ring is 1. The van der Waals surface area contributed by atoms with Crippen LogP contribution >= 0.6 is 23.2 Å². The average Bonchev–Trinajstić information content (AvgIpc) is 2.39. The predicted molar refractivity (Wildman–Crippen MR) is 86.9 cm³/mol. The third-order valence-electron chi connectivity index (χ3n) is 2.88. The van der Waals surface area contributed by atoms with E-state index in [1.807, 2.05) is 13.8 Å². The standard InChI is InChI=1S/C13H18Cl2N2O2S/c1-3-8(2)20(19)5-4-12(18)17-13-10(14)6-9(16)7-11(13)15/h6-8H,3-5,16H2,1-2H3,(H,17,18). The summed E-state index contributed by atoms with van der Waals surface area (Å²) in [5.41, 5.74) is 6.35. The van der Waals surface area contributed by atoms with Gasteiger partial charge in [0, 0.05) is 33.9 Å². The fraction of sp³-hybridized carbons (Fsp3) is 0.462. The van der Waals surface area contributed by atoms with Gasteiger partial charge in [0.1, 0.15) is 0 Å². The Morgan fingerprint density at radius 2 is 1.95 bits per heavy atom. The monoisotopic (exact) mass is 336 g/mol.